The Hall–Kier alpha value is -2.01. The molecule has 0 saturated carbocycles. The van der Waals surface area contributed by atoms with E-state index in [9.17, 15) is 9.90 Å². The van der Waals surface area contributed by atoms with Crippen molar-refractivity contribution in [2.24, 2.45) is 0 Å². The number of para-hydroxylation sites is 1. The molecule has 0 saturated heterocycles. The second-order valence-electron chi connectivity index (χ2n) is 5.61. The van der Waals surface area contributed by atoms with Crippen molar-refractivity contribution in [2.75, 3.05) is 6.54 Å². The van der Waals surface area contributed by atoms with Gasteiger partial charge in [0, 0.05) is 17.5 Å². The standard InChI is InChI=1S/C17H24N2O3/c1-4-7-13(20)10-18-17(21)19-12(3)16-11(2)14-8-5-6-9-15(14)22-16/h5-6,8-9,12-13,20H,4,7,10H2,1-3H3,(H2,18,19,21). The zero-order chi connectivity index (χ0) is 16.1. The van der Waals surface area contributed by atoms with Crippen molar-refractivity contribution >= 4 is 17.0 Å². The summed E-state index contributed by atoms with van der Waals surface area (Å²) in [7, 11) is 0. The summed E-state index contributed by atoms with van der Waals surface area (Å²) in [6.07, 6.45) is 1.07. The summed E-state index contributed by atoms with van der Waals surface area (Å²) < 4.78 is 5.83. The first-order chi connectivity index (χ1) is 10.5. The van der Waals surface area contributed by atoms with E-state index < -0.39 is 6.10 Å². The maximum absolute atomic E-state index is 11.9. The van der Waals surface area contributed by atoms with Crippen molar-refractivity contribution in [3.05, 3.63) is 35.6 Å². The van der Waals surface area contributed by atoms with Gasteiger partial charge in [0.25, 0.3) is 0 Å². The molecule has 0 aliphatic carbocycles. The number of aliphatic hydroxyl groups excluding tert-OH is 1. The van der Waals surface area contributed by atoms with Crippen molar-refractivity contribution in [3.8, 4) is 0 Å². The van der Waals surface area contributed by atoms with Gasteiger partial charge in [-0.1, -0.05) is 31.5 Å². The number of aliphatic hydroxyl groups is 1. The minimum atomic E-state index is -0.501. The maximum atomic E-state index is 11.9. The number of hydrogen-bond donors (Lipinski definition) is 3. The summed E-state index contributed by atoms with van der Waals surface area (Å²) in [4.78, 5) is 11.9. The van der Waals surface area contributed by atoms with Gasteiger partial charge in [0.1, 0.15) is 11.3 Å². The number of carbonyl (C=O) groups excluding carboxylic acids is 1. The van der Waals surface area contributed by atoms with Crippen molar-refractivity contribution < 1.29 is 14.3 Å². The van der Waals surface area contributed by atoms with Crippen LogP contribution in [0.2, 0.25) is 0 Å². The molecule has 3 N–H and O–H groups in total. The predicted molar refractivity (Wildman–Crippen MR) is 86.8 cm³/mol. The molecule has 5 heteroatoms. The van der Waals surface area contributed by atoms with E-state index in [1.54, 1.807) is 0 Å². The van der Waals surface area contributed by atoms with Gasteiger partial charge in [-0.3, -0.25) is 0 Å². The number of carbonyl (C=O) groups is 1. The quantitative estimate of drug-likeness (QED) is 0.767. The first-order valence-corrected chi connectivity index (χ1v) is 7.73. The highest BCUT2D eigenvalue weighted by Gasteiger charge is 2.18. The second-order valence-corrected chi connectivity index (χ2v) is 5.61. The third-order valence-corrected chi connectivity index (χ3v) is 3.74. The fraction of sp³-hybridized carbons (Fsp3) is 0.471. The van der Waals surface area contributed by atoms with Gasteiger partial charge in [0.05, 0.1) is 12.1 Å². The number of furan rings is 1. The van der Waals surface area contributed by atoms with Crippen LogP contribution < -0.4 is 10.6 Å². The molecule has 0 aliphatic rings. The third kappa shape index (κ3) is 3.80. The summed E-state index contributed by atoms with van der Waals surface area (Å²) in [5.41, 5.74) is 1.86. The number of benzene rings is 1. The average molecular weight is 304 g/mol. The predicted octanol–water partition coefficient (Wildman–Crippen LogP) is 3.26. The number of urea groups is 1. The molecule has 0 bridgehead atoms. The summed E-state index contributed by atoms with van der Waals surface area (Å²) in [5, 5.41) is 16.2. The molecule has 2 rings (SSSR count). The summed E-state index contributed by atoms with van der Waals surface area (Å²) in [5.74, 6) is 0.755. The van der Waals surface area contributed by atoms with Crippen LogP contribution in [0.3, 0.4) is 0 Å². The summed E-state index contributed by atoms with van der Waals surface area (Å²) in [6, 6.07) is 7.27. The second kappa shape index (κ2) is 7.31. The fourth-order valence-electron chi connectivity index (χ4n) is 2.57. The Morgan fingerprint density at radius 2 is 2.09 bits per heavy atom. The van der Waals surface area contributed by atoms with Gasteiger partial charge in [-0.2, -0.15) is 0 Å². The molecule has 22 heavy (non-hydrogen) atoms. The van der Waals surface area contributed by atoms with Gasteiger partial charge in [-0.15, -0.1) is 0 Å². The SMILES string of the molecule is CCCC(O)CNC(=O)NC(C)c1oc2ccccc2c1C. The van der Waals surface area contributed by atoms with Crippen LogP contribution in [-0.2, 0) is 0 Å². The van der Waals surface area contributed by atoms with Gasteiger partial charge in [-0.25, -0.2) is 4.79 Å². The number of hydrogen-bond acceptors (Lipinski definition) is 3. The highest BCUT2D eigenvalue weighted by molar-refractivity contribution is 5.82. The highest BCUT2D eigenvalue weighted by Crippen LogP contribution is 2.28. The lowest BCUT2D eigenvalue weighted by atomic mass is 10.1. The molecule has 1 heterocycles. The molecule has 0 spiro atoms. The monoisotopic (exact) mass is 304 g/mol. The normalized spacial score (nSPS) is 13.8. The average Bonchev–Trinajstić information content (AvgIpc) is 2.83. The Labute approximate surface area is 130 Å². The minimum Gasteiger partial charge on any atom is -0.459 e. The Kier molecular flexibility index (Phi) is 5.44. The van der Waals surface area contributed by atoms with Crippen LogP contribution in [0, 0.1) is 6.92 Å². The van der Waals surface area contributed by atoms with E-state index >= 15 is 0 Å². The Morgan fingerprint density at radius 1 is 1.36 bits per heavy atom. The molecule has 1 aromatic carbocycles. The van der Waals surface area contributed by atoms with Crippen LogP contribution in [0.5, 0.6) is 0 Å². The van der Waals surface area contributed by atoms with Gasteiger partial charge >= 0.3 is 6.03 Å². The molecule has 2 unspecified atom stereocenters. The largest absolute Gasteiger partial charge is 0.459 e. The van der Waals surface area contributed by atoms with Gasteiger partial charge < -0.3 is 20.2 Å². The Morgan fingerprint density at radius 3 is 2.77 bits per heavy atom. The molecule has 0 radical (unpaired) electrons. The van der Waals surface area contributed by atoms with E-state index in [0.29, 0.717) is 6.42 Å². The zero-order valence-corrected chi connectivity index (χ0v) is 13.3. The third-order valence-electron chi connectivity index (χ3n) is 3.74. The number of aryl methyl sites for hydroxylation is 1. The van der Waals surface area contributed by atoms with Crippen LogP contribution in [0.15, 0.2) is 28.7 Å². The summed E-state index contributed by atoms with van der Waals surface area (Å²) >= 11 is 0. The topological polar surface area (TPSA) is 74.5 Å². The van der Waals surface area contributed by atoms with Crippen molar-refractivity contribution in [2.45, 2.75) is 45.8 Å². The van der Waals surface area contributed by atoms with Crippen molar-refractivity contribution in [3.63, 3.8) is 0 Å². The summed E-state index contributed by atoms with van der Waals surface area (Å²) in [6.45, 7) is 6.12. The molecule has 1 aromatic heterocycles. The van der Waals surface area contributed by atoms with Crippen molar-refractivity contribution in [1.29, 1.82) is 0 Å². The van der Waals surface area contributed by atoms with Crippen LogP contribution in [0.1, 0.15) is 44.1 Å². The molecule has 5 nitrogen and oxygen atoms in total. The Balaban J connectivity index is 1.97. The van der Waals surface area contributed by atoms with Crippen molar-refractivity contribution in [1.82, 2.24) is 10.6 Å². The number of amides is 2. The lowest BCUT2D eigenvalue weighted by Crippen LogP contribution is -2.40. The van der Waals surface area contributed by atoms with E-state index in [1.807, 2.05) is 45.0 Å². The molecule has 0 fully saturated rings. The van der Waals surface area contributed by atoms with Crippen LogP contribution in [0.25, 0.3) is 11.0 Å². The minimum absolute atomic E-state index is 0.240. The first-order valence-electron chi connectivity index (χ1n) is 7.73. The molecule has 0 aliphatic heterocycles. The van der Waals surface area contributed by atoms with Gasteiger partial charge in [-0.05, 0) is 26.3 Å². The van der Waals surface area contributed by atoms with E-state index in [0.717, 1.165) is 28.7 Å². The van der Waals surface area contributed by atoms with Crippen LogP contribution in [-0.4, -0.2) is 23.8 Å². The van der Waals surface area contributed by atoms with Crippen LogP contribution >= 0.6 is 0 Å². The van der Waals surface area contributed by atoms with Crippen LogP contribution in [0.4, 0.5) is 4.79 Å². The number of nitrogens with one attached hydrogen (secondary N) is 2. The molecule has 2 aromatic rings. The number of fused-ring (bicyclic) bond motifs is 1. The van der Waals surface area contributed by atoms with E-state index in [2.05, 4.69) is 10.6 Å². The molecule has 120 valence electrons. The lowest BCUT2D eigenvalue weighted by Gasteiger charge is -2.15. The molecular weight excluding hydrogens is 280 g/mol. The highest BCUT2D eigenvalue weighted by atomic mass is 16.3. The smallest absolute Gasteiger partial charge is 0.315 e. The van der Waals surface area contributed by atoms with E-state index in [-0.39, 0.29) is 18.6 Å². The van der Waals surface area contributed by atoms with Gasteiger partial charge in [0.15, 0.2) is 0 Å². The molecule has 2 atom stereocenters. The van der Waals surface area contributed by atoms with E-state index in [1.165, 1.54) is 0 Å². The first kappa shape index (κ1) is 16.4. The lowest BCUT2D eigenvalue weighted by molar-refractivity contribution is 0.160. The zero-order valence-electron chi connectivity index (χ0n) is 13.3. The Bertz CT molecular complexity index is 636. The fourth-order valence-corrected chi connectivity index (χ4v) is 2.57. The number of rotatable bonds is 6. The molecule has 2 amide bonds. The molecular formula is C17H24N2O3. The van der Waals surface area contributed by atoms with E-state index in [4.69, 9.17) is 4.42 Å². The maximum Gasteiger partial charge on any atom is 0.315 e. The van der Waals surface area contributed by atoms with Gasteiger partial charge in [0.2, 0.25) is 0 Å².